The van der Waals surface area contributed by atoms with Gasteiger partial charge in [-0.05, 0) is 77.1 Å². The summed E-state index contributed by atoms with van der Waals surface area (Å²) in [7, 11) is -9.65. The van der Waals surface area contributed by atoms with Crippen LogP contribution in [-0.4, -0.2) is 65.5 Å². The van der Waals surface area contributed by atoms with Gasteiger partial charge in [0.2, 0.25) is 6.29 Å². The Morgan fingerprint density at radius 1 is 0.892 bits per heavy atom. The maximum Gasteiger partial charge on any atom is 0.364 e. The first-order valence-electron chi connectivity index (χ1n) is 12.0. The van der Waals surface area contributed by atoms with Crippen molar-refractivity contribution in [2.24, 2.45) is 0 Å². The van der Waals surface area contributed by atoms with Crippen molar-refractivity contribution >= 4 is 38.9 Å². The SMILES string of the molecule is C[Si](C)(C)O[C@@H]1[C@H](O[Si](C)(C)C)[C@@H](Oc2ccc([N+](=O)[O-])cc2)O[C@H](/C=C/O[PH](=O)O)[C@H]1O[Si](C)(C)C. The summed E-state index contributed by atoms with van der Waals surface area (Å²) in [4.78, 5) is 19.7. The summed E-state index contributed by atoms with van der Waals surface area (Å²) in [6, 6.07) is 5.70. The molecule has 2 rings (SSSR count). The van der Waals surface area contributed by atoms with Crippen LogP contribution in [-0.2, 0) is 27.1 Å². The quantitative estimate of drug-likeness (QED) is 0.112. The molecule has 0 bridgehead atoms. The van der Waals surface area contributed by atoms with E-state index in [-0.39, 0.29) is 5.69 Å². The van der Waals surface area contributed by atoms with E-state index in [0.717, 1.165) is 6.26 Å². The lowest BCUT2D eigenvalue weighted by Crippen LogP contribution is -2.65. The van der Waals surface area contributed by atoms with Crippen LogP contribution in [0.15, 0.2) is 36.6 Å². The lowest BCUT2D eigenvalue weighted by molar-refractivity contribution is -0.384. The Morgan fingerprint density at radius 2 is 1.38 bits per heavy atom. The van der Waals surface area contributed by atoms with Crippen LogP contribution in [0.1, 0.15) is 0 Å². The van der Waals surface area contributed by atoms with E-state index in [2.05, 4.69) is 58.9 Å². The zero-order valence-electron chi connectivity index (χ0n) is 22.9. The van der Waals surface area contributed by atoms with Gasteiger partial charge in [0, 0.05) is 12.1 Å². The van der Waals surface area contributed by atoms with Gasteiger partial charge in [0.15, 0.2) is 25.0 Å². The maximum atomic E-state index is 11.1. The summed E-state index contributed by atoms with van der Waals surface area (Å²) in [6.45, 7) is 18.5. The van der Waals surface area contributed by atoms with E-state index in [9.17, 15) is 14.7 Å². The topological polar surface area (TPSA) is 136 Å². The maximum absolute atomic E-state index is 11.1. The van der Waals surface area contributed by atoms with Gasteiger partial charge in [-0.1, -0.05) is 0 Å². The third-order valence-corrected chi connectivity index (χ3v) is 8.01. The second-order valence-corrected chi connectivity index (χ2v) is 25.8. The van der Waals surface area contributed by atoms with Crippen molar-refractivity contribution in [3.63, 3.8) is 0 Å². The lowest BCUT2D eigenvalue weighted by atomic mass is 9.99. The minimum absolute atomic E-state index is 0.0625. The summed E-state index contributed by atoms with van der Waals surface area (Å²) < 4.78 is 48.3. The number of nitrogens with zero attached hydrogens (tertiary/aromatic N) is 1. The highest BCUT2D eigenvalue weighted by Gasteiger charge is 2.52. The summed E-state index contributed by atoms with van der Waals surface area (Å²) >= 11 is 0. The number of ether oxygens (including phenoxy) is 2. The first-order chi connectivity index (χ1) is 16.8. The van der Waals surface area contributed by atoms with Gasteiger partial charge >= 0.3 is 8.25 Å². The van der Waals surface area contributed by atoms with Crippen molar-refractivity contribution in [2.45, 2.75) is 89.6 Å². The fraction of sp³-hybridized carbons (Fsp3) is 0.636. The summed E-state index contributed by atoms with van der Waals surface area (Å²) in [6.07, 6.45) is -0.921. The predicted octanol–water partition coefficient (Wildman–Crippen LogP) is 5.27. The van der Waals surface area contributed by atoms with Gasteiger partial charge in [-0.2, -0.15) is 0 Å². The van der Waals surface area contributed by atoms with E-state index in [1.807, 2.05) is 0 Å². The van der Waals surface area contributed by atoms with Crippen LogP contribution in [0, 0.1) is 10.1 Å². The second-order valence-electron chi connectivity index (χ2n) is 11.6. The molecule has 0 aliphatic carbocycles. The van der Waals surface area contributed by atoms with Crippen LogP contribution in [0.4, 0.5) is 5.69 Å². The number of benzene rings is 1. The molecule has 0 saturated carbocycles. The van der Waals surface area contributed by atoms with Crippen LogP contribution in [0.5, 0.6) is 5.75 Å². The van der Waals surface area contributed by atoms with Gasteiger partial charge in [0.05, 0.1) is 11.2 Å². The smallest absolute Gasteiger partial charge is 0.364 e. The van der Waals surface area contributed by atoms with Crippen LogP contribution in [0.3, 0.4) is 0 Å². The fourth-order valence-corrected chi connectivity index (χ4v) is 7.09. The van der Waals surface area contributed by atoms with Crippen molar-refractivity contribution in [2.75, 3.05) is 0 Å². The molecule has 0 aromatic heterocycles. The lowest BCUT2D eigenvalue weighted by Gasteiger charge is -2.49. The summed E-state index contributed by atoms with van der Waals surface area (Å²) in [5, 5.41) is 11.1. The van der Waals surface area contributed by atoms with Crippen LogP contribution in [0.2, 0.25) is 58.9 Å². The molecule has 210 valence electrons. The zero-order valence-corrected chi connectivity index (χ0v) is 26.9. The van der Waals surface area contributed by atoms with Gasteiger partial charge in [-0.15, -0.1) is 0 Å². The Balaban J connectivity index is 2.56. The number of hydrogen-bond acceptors (Lipinski definition) is 9. The zero-order chi connectivity index (χ0) is 28.2. The molecule has 37 heavy (non-hydrogen) atoms. The molecule has 1 N–H and O–H groups in total. The average Bonchev–Trinajstić information content (AvgIpc) is 2.70. The Hall–Kier alpha value is -1.36. The molecule has 1 aromatic rings. The Morgan fingerprint density at radius 3 is 1.84 bits per heavy atom. The highest BCUT2D eigenvalue weighted by Crippen LogP contribution is 2.35. The fourth-order valence-electron chi connectivity index (χ4n) is 3.66. The molecule has 1 unspecified atom stereocenters. The average molecular weight is 594 g/mol. The monoisotopic (exact) mass is 593 g/mol. The molecule has 1 saturated heterocycles. The minimum Gasteiger partial charge on any atom is -0.462 e. The molecule has 0 amide bonds. The van der Waals surface area contributed by atoms with Gasteiger partial charge < -0.3 is 32.2 Å². The highest BCUT2D eigenvalue weighted by atomic mass is 31.1. The number of hydrogen-bond donors (Lipinski definition) is 1. The van der Waals surface area contributed by atoms with Gasteiger partial charge in [0.1, 0.15) is 30.2 Å². The van der Waals surface area contributed by atoms with E-state index in [1.54, 1.807) is 0 Å². The second kappa shape index (κ2) is 12.7. The molecule has 1 heterocycles. The molecule has 6 atom stereocenters. The van der Waals surface area contributed by atoms with Crippen LogP contribution < -0.4 is 4.74 Å². The van der Waals surface area contributed by atoms with E-state index >= 15 is 0 Å². The van der Waals surface area contributed by atoms with E-state index in [1.165, 1.54) is 30.3 Å². The van der Waals surface area contributed by atoms with Gasteiger partial charge in [-0.3, -0.25) is 10.1 Å². The molecular formula is C22H40NO10PSi3. The Bertz CT molecular complexity index is 959. The minimum atomic E-state index is -3.19. The number of nitro groups is 1. The van der Waals surface area contributed by atoms with Crippen molar-refractivity contribution in [1.29, 1.82) is 0 Å². The van der Waals surface area contributed by atoms with Gasteiger partial charge in [0.25, 0.3) is 5.69 Å². The molecule has 11 nitrogen and oxygen atoms in total. The van der Waals surface area contributed by atoms with Gasteiger partial charge in [-0.25, -0.2) is 4.57 Å². The van der Waals surface area contributed by atoms with Crippen molar-refractivity contribution < 1.29 is 41.7 Å². The molecular weight excluding hydrogens is 553 g/mol. The largest absolute Gasteiger partial charge is 0.462 e. The van der Waals surface area contributed by atoms with Crippen molar-refractivity contribution in [3.05, 3.63) is 46.7 Å². The third kappa shape index (κ3) is 11.1. The molecule has 1 fully saturated rings. The molecule has 0 spiro atoms. The normalized spacial score (nSPS) is 26.2. The number of non-ortho nitro benzene ring substituents is 1. The van der Waals surface area contributed by atoms with E-state index in [0.29, 0.717) is 5.75 Å². The van der Waals surface area contributed by atoms with E-state index in [4.69, 9.17) is 32.2 Å². The molecule has 15 heteroatoms. The van der Waals surface area contributed by atoms with Crippen molar-refractivity contribution in [1.82, 2.24) is 0 Å². The predicted molar refractivity (Wildman–Crippen MR) is 148 cm³/mol. The van der Waals surface area contributed by atoms with E-state index < -0.39 is 68.8 Å². The number of nitro benzene ring substituents is 1. The summed E-state index contributed by atoms with van der Waals surface area (Å²) in [5.74, 6) is 0.357. The standard InChI is InChI=1S/C22H40NO10PSi3/c1-35(2,3)31-19-18(14-15-28-34(26)27)30-22(29-17-12-10-16(11-13-17)23(24)25)21(33-37(7,8)9)20(19)32-36(4,5)6/h10-15,18-22,34H,1-9H3,(H,26,27)/b15-14+/t18-,19-,20+,21+,22+/m1/s1. The molecule has 1 aliphatic heterocycles. The Kier molecular flexibility index (Phi) is 10.9. The first-order valence-corrected chi connectivity index (χ1v) is 23.5. The summed E-state index contributed by atoms with van der Waals surface area (Å²) in [5.41, 5.74) is -0.0625. The van der Waals surface area contributed by atoms with Crippen molar-refractivity contribution in [3.8, 4) is 5.75 Å². The third-order valence-electron chi connectivity index (χ3n) is 4.74. The van der Waals surface area contributed by atoms with Crippen LogP contribution in [0.25, 0.3) is 0 Å². The molecule has 1 aliphatic rings. The molecule has 0 radical (unpaired) electrons. The number of rotatable bonds is 12. The first kappa shape index (κ1) is 31.9. The molecule has 1 aromatic carbocycles. The van der Waals surface area contributed by atoms with Crippen LogP contribution >= 0.6 is 8.25 Å². The highest BCUT2D eigenvalue weighted by molar-refractivity contribution is 7.32. The Labute approximate surface area is 222 Å².